The van der Waals surface area contributed by atoms with Crippen LogP contribution in [0.15, 0.2) is 18.2 Å². The summed E-state index contributed by atoms with van der Waals surface area (Å²) in [5.74, 6) is -0.0662. The molecule has 0 spiro atoms. The van der Waals surface area contributed by atoms with Gasteiger partial charge >= 0.3 is 0 Å². The predicted octanol–water partition coefficient (Wildman–Crippen LogP) is 2.24. The van der Waals surface area contributed by atoms with E-state index in [9.17, 15) is 4.39 Å². The molecule has 0 bridgehead atoms. The van der Waals surface area contributed by atoms with Crippen LogP contribution >= 0.6 is 0 Å². The van der Waals surface area contributed by atoms with Crippen molar-refractivity contribution >= 4 is 0 Å². The average Bonchev–Trinajstić information content (AvgIpc) is 2.08. The van der Waals surface area contributed by atoms with Crippen molar-refractivity contribution in [2.45, 2.75) is 19.9 Å². The maximum atomic E-state index is 13.2. The minimum atomic E-state index is -0.350. The first-order valence-electron chi connectivity index (χ1n) is 4.33. The molecule has 0 heterocycles. The number of hydrogen-bond donors (Lipinski definition) is 1. The Morgan fingerprint density at radius 2 is 2.23 bits per heavy atom. The lowest BCUT2D eigenvalue weighted by molar-refractivity contribution is 0.321. The van der Waals surface area contributed by atoms with Crippen LogP contribution in [0, 0.1) is 5.82 Å². The largest absolute Gasteiger partial charge is 0.491 e. The lowest BCUT2D eigenvalue weighted by atomic mass is 10.1. The molecule has 72 valence electrons. The Labute approximate surface area is 77.5 Å². The van der Waals surface area contributed by atoms with Crippen LogP contribution < -0.4 is 10.5 Å². The van der Waals surface area contributed by atoms with Gasteiger partial charge in [0.25, 0.3) is 0 Å². The Kier molecular flexibility index (Phi) is 3.25. The molecular weight excluding hydrogens is 169 g/mol. The molecule has 1 rings (SSSR count). The van der Waals surface area contributed by atoms with Crippen LogP contribution in [0.5, 0.6) is 5.75 Å². The second kappa shape index (κ2) is 4.23. The zero-order chi connectivity index (χ0) is 9.84. The van der Waals surface area contributed by atoms with Crippen LogP contribution in [0.3, 0.4) is 0 Å². The summed E-state index contributed by atoms with van der Waals surface area (Å²) in [6.45, 7) is 4.10. The SMILES string of the molecule is CCOc1ccc([C@@H](C)N)cc1F. The molecule has 0 radical (unpaired) electrons. The van der Waals surface area contributed by atoms with Crippen molar-refractivity contribution in [2.24, 2.45) is 5.73 Å². The Hall–Kier alpha value is -1.09. The Morgan fingerprint density at radius 3 is 2.69 bits per heavy atom. The molecule has 3 heteroatoms. The first-order valence-corrected chi connectivity index (χ1v) is 4.33. The third-order valence-electron chi connectivity index (χ3n) is 1.78. The average molecular weight is 183 g/mol. The van der Waals surface area contributed by atoms with Gasteiger partial charge in [0.2, 0.25) is 0 Å². The van der Waals surface area contributed by atoms with Gasteiger partial charge in [-0.15, -0.1) is 0 Å². The fraction of sp³-hybridized carbons (Fsp3) is 0.400. The monoisotopic (exact) mass is 183 g/mol. The molecule has 0 saturated heterocycles. The van der Waals surface area contributed by atoms with Crippen molar-refractivity contribution in [1.29, 1.82) is 0 Å². The van der Waals surface area contributed by atoms with Crippen LogP contribution in [0.25, 0.3) is 0 Å². The number of hydrogen-bond acceptors (Lipinski definition) is 2. The summed E-state index contributed by atoms with van der Waals surface area (Å²) in [6, 6.07) is 4.65. The fourth-order valence-electron chi connectivity index (χ4n) is 1.07. The van der Waals surface area contributed by atoms with E-state index in [1.54, 1.807) is 12.1 Å². The topological polar surface area (TPSA) is 35.2 Å². The van der Waals surface area contributed by atoms with Crippen LogP contribution in [-0.2, 0) is 0 Å². The molecule has 0 aliphatic heterocycles. The maximum Gasteiger partial charge on any atom is 0.165 e. The van der Waals surface area contributed by atoms with Gasteiger partial charge in [0.15, 0.2) is 11.6 Å². The van der Waals surface area contributed by atoms with E-state index in [4.69, 9.17) is 10.5 Å². The van der Waals surface area contributed by atoms with Crippen molar-refractivity contribution < 1.29 is 9.13 Å². The summed E-state index contributed by atoms with van der Waals surface area (Å²) in [5, 5.41) is 0. The van der Waals surface area contributed by atoms with Gasteiger partial charge in [-0.3, -0.25) is 0 Å². The van der Waals surface area contributed by atoms with Gasteiger partial charge in [0, 0.05) is 6.04 Å². The van der Waals surface area contributed by atoms with E-state index in [-0.39, 0.29) is 17.6 Å². The zero-order valence-electron chi connectivity index (χ0n) is 7.88. The van der Waals surface area contributed by atoms with Crippen LogP contribution in [0.4, 0.5) is 4.39 Å². The predicted molar refractivity (Wildman–Crippen MR) is 50.2 cm³/mol. The first-order chi connectivity index (χ1) is 6.15. The molecule has 1 atom stereocenters. The summed E-state index contributed by atoms with van der Waals surface area (Å²) in [5.41, 5.74) is 6.38. The molecule has 0 aromatic heterocycles. The van der Waals surface area contributed by atoms with Gasteiger partial charge in [0.05, 0.1) is 6.61 Å². The highest BCUT2D eigenvalue weighted by atomic mass is 19.1. The van der Waals surface area contributed by atoms with Crippen molar-refractivity contribution in [3.8, 4) is 5.75 Å². The number of rotatable bonds is 3. The summed E-state index contributed by atoms with van der Waals surface area (Å²) < 4.78 is 18.3. The van der Waals surface area contributed by atoms with Gasteiger partial charge in [-0.05, 0) is 31.5 Å². The molecule has 0 aliphatic carbocycles. The molecule has 1 aromatic carbocycles. The summed E-state index contributed by atoms with van der Waals surface area (Å²) >= 11 is 0. The first kappa shape index (κ1) is 9.99. The standard InChI is InChI=1S/C10H14FNO/c1-3-13-10-5-4-8(7(2)12)6-9(10)11/h4-7H,3,12H2,1-2H3/t7-/m1/s1. The van der Waals surface area contributed by atoms with E-state index in [2.05, 4.69) is 0 Å². The molecule has 0 saturated carbocycles. The molecule has 13 heavy (non-hydrogen) atoms. The number of nitrogens with two attached hydrogens (primary N) is 1. The van der Waals surface area contributed by atoms with E-state index >= 15 is 0 Å². The number of halogens is 1. The third-order valence-corrected chi connectivity index (χ3v) is 1.78. The normalized spacial score (nSPS) is 12.6. The molecule has 0 unspecified atom stereocenters. The van der Waals surface area contributed by atoms with Crippen molar-refractivity contribution in [3.63, 3.8) is 0 Å². The van der Waals surface area contributed by atoms with Crippen molar-refractivity contribution in [1.82, 2.24) is 0 Å². The van der Waals surface area contributed by atoms with E-state index < -0.39 is 0 Å². The summed E-state index contributed by atoms with van der Waals surface area (Å²) in [6.07, 6.45) is 0. The highest BCUT2D eigenvalue weighted by Crippen LogP contribution is 2.20. The van der Waals surface area contributed by atoms with Gasteiger partial charge in [0.1, 0.15) is 0 Å². The maximum absolute atomic E-state index is 13.2. The third kappa shape index (κ3) is 2.42. The molecule has 0 amide bonds. The number of ether oxygens (including phenoxy) is 1. The Balaban J connectivity index is 2.92. The lowest BCUT2D eigenvalue weighted by Crippen LogP contribution is -2.05. The Morgan fingerprint density at radius 1 is 1.54 bits per heavy atom. The van der Waals surface area contributed by atoms with Gasteiger partial charge < -0.3 is 10.5 Å². The van der Waals surface area contributed by atoms with E-state index in [0.29, 0.717) is 6.61 Å². The van der Waals surface area contributed by atoms with E-state index in [1.165, 1.54) is 6.07 Å². The smallest absolute Gasteiger partial charge is 0.165 e. The van der Waals surface area contributed by atoms with Crippen LogP contribution in [0.1, 0.15) is 25.5 Å². The van der Waals surface area contributed by atoms with Gasteiger partial charge in [-0.25, -0.2) is 4.39 Å². The highest BCUT2D eigenvalue weighted by molar-refractivity contribution is 5.30. The Bertz CT molecular complexity index is 286. The van der Waals surface area contributed by atoms with Gasteiger partial charge in [-0.2, -0.15) is 0 Å². The molecule has 0 fully saturated rings. The van der Waals surface area contributed by atoms with Crippen LogP contribution in [0.2, 0.25) is 0 Å². The number of benzene rings is 1. The van der Waals surface area contributed by atoms with Crippen molar-refractivity contribution in [2.75, 3.05) is 6.61 Å². The van der Waals surface area contributed by atoms with Crippen LogP contribution in [-0.4, -0.2) is 6.61 Å². The second-order valence-electron chi connectivity index (χ2n) is 2.91. The van der Waals surface area contributed by atoms with Gasteiger partial charge in [-0.1, -0.05) is 6.07 Å². The van der Waals surface area contributed by atoms with E-state index in [1.807, 2.05) is 13.8 Å². The quantitative estimate of drug-likeness (QED) is 0.780. The highest BCUT2D eigenvalue weighted by Gasteiger charge is 2.06. The van der Waals surface area contributed by atoms with Crippen molar-refractivity contribution in [3.05, 3.63) is 29.6 Å². The van der Waals surface area contributed by atoms with E-state index in [0.717, 1.165) is 5.56 Å². The molecule has 1 aromatic rings. The molecule has 0 aliphatic rings. The summed E-state index contributed by atoms with van der Waals surface area (Å²) in [4.78, 5) is 0. The fourth-order valence-corrected chi connectivity index (χ4v) is 1.07. The lowest BCUT2D eigenvalue weighted by Gasteiger charge is -2.08. The zero-order valence-corrected chi connectivity index (χ0v) is 7.88. The molecule has 2 N–H and O–H groups in total. The second-order valence-corrected chi connectivity index (χ2v) is 2.91. The minimum Gasteiger partial charge on any atom is -0.491 e. The summed E-state index contributed by atoms with van der Waals surface area (Å²) in [7, 11) is 0. The molecule has 2 nitrogen and oxygen atoms in total. The minimum absolute atomic E-state index is 0.148. The molecular formula is C10H14FNO.